The van der Waals surface area contributed by atoms with Crippen LogP contribution in [0.25, 0.3) is 0 Å². The van der Waals surface area contributed by atoms with Crippen molar-refractivity contribution in [2.24, 2.45) is 0 Å². The molecule has 0 heterocycles. The third kappa shape index (κ3) is 3.50. The molecule has 0 aliphatic heterocycles. The summed E-state index contributed by atoms with van der Waals surface area (Å²) >= 11 is 3.04. The molecule has 0 N–H and O–H groups in total. The number of ether oxygens (including phenoxy) is 1. The molecule has 0 atom stereocenters. The van der Waals surface area contributed by atoms with Crippen LogP contribution in [-0.2, 0) is 11.2 Å². The van der Waals surface area contributed by atoms with Crippen molar-refractivity contribution in [2.75, 3.05) is 5.33 Å². The average molecular weight is 257 g/mol. The molecule has 0 aliphatic rings. The van der Waals surface area contributed by atoms with Crippen molar-refractivity contribution in [2.45, 2.75) is 19.8 Å². The van der Waals surface area contributed by atoms with Gasteiger partial charge in [0.1, 0.15) is 11.1 Å². The van der Waals surface area contributed by atoms with Gasteiger partial charge in [-0.05, 0) is 24.1 Å². The quantitative estimate of drug-likeness (QED) is 0.471. The van der Waals surface area contributed by atoms with Crippen LogP contribution in [-0.4, -0.2) is 11.3 Å². The van der Waals surface area contributed by atoms with Gasteiger partial charge in [-0.1, -0.05) is 41.4 Å². The second-order valence-electron chi connectivity index (χ2n) is 3.00. The number of carbonyl (C=O) groups excluding carboxylic acids is 1. The van der Waals surface area contributed by atoms with Gasteiger partial charge < -0.3 is 4.74 Å². The van der Waals surface area contributed by atoms with E-state index in [1.165, 1.54) is 5.56 Å². The lowest BCUT2D eigenvalue weighted by Crippen LogP contribution is -2.08. The molecule has 0 saturated carbocycles. The van der Waals surface area contributed by atoms with Crippen LogP contribution in [0.1, 0.15) is 18.9 Å². The maximum Gasteiger partial charge on any atom is 0.321 e. The Morgan fingerprint density at radius 3 is 2.50 bits per heavy atom. The van der Waals surface area contributed by atoms with Crippen LogP contribution in [0.4, 0.5) is 0 Å². The Bertz CT molecular complexity index is 293. The standard InChI is InChI=1S/C11H13BrO2/c1-2-3-9-4-6-10(7-5-9)14-11(13)8-12/h4-7H,2-3,8H2,1H3. The fourth-order valence-electron chi connectivity index (χ4n) is 1.17. The summed E-state index contributed by atoms with van der Waals surface area (Å²) in [4.78, 5) is 10.9. The van der Waals surface area contributed by atoms with E-state index < -0.39 is 0 Å². The molecule has 0 aromatic heterocycles. The Morgan fingerprint density at radius 1 is 1.36 bits per heavy atom. The topological polar surface area (TPSA) is 26.3 Å². The Morgan fingerprint density at radius 2 is 2.00 bits per heavy atom. The lowest BCUT2D eigenvalue weighted by molar-refractivity contribution is -0.131. The lowest BCUT2D eigenvalue weighted by Gasteiger charge is -2.03. The summed E-state index contributed by atoms with van der Waals surface area (Å²) in [5, 5.41) is 0.226. The summed E-state index contributed by atoms with van der Waals surface area (Å²) in [6.07, 6.45) is 2.19. The summed E-state index contributed by atoms with van der Waals surface area (Å²) in [6, 6.07) is 7.62. The zero-order valence-electron chi connectivity index (χ0n) is 8.13. The number of rotatable bonds is 4. The number of halogens is 1. The first-order chi connectivity index (χ1) is 6.76. The van der Waals surface area contributed by atoms with Crippen LogP contribution in [0.5, 0.6) is 5.75 Å². The molecule has 0 amide bonds. The molecule has 1 aromatic carbocycles. The number of alkyl halides is 1. The van der Waals surface area contributed by atoms with Gasteiger partial charge >= 0.3 is 5.97 Å². The van der Waals surface area contributed by atoms with Crippen LogP contribution in [0.15, 0.2) is 24.3 Å². The first kappa shape index (κ1) is 11.2. The van der Waals surface area contributed by atoms with Gasteiger partial charge in [0.15, 0.2) is 0 Å². The number of esters is 1. The molecule has 0 radical (unpaired) electrons. The highest BCUT2D eigenvalue weighted by Crippen LogP contribution is 2.13. The van der Waals surface area contributed by atoms with E-state index in [4.69, 9.17) is 4.74 Å². The largest absolute Gasteiger partial charge is 0.426 e. The van der Waals surface area contributed by atoms with E-state index in [9.17, 15) is 4.79 Å². The maximum absolute atomic E-state index is 10.9. The Balaban J connectivity index is 2.59. The van der Waals surface area contributed by atoms with Gasteiger partial charge in [-0.2, -0.15) is 0 Å². The van der Waals surface area contributed by atoms with Crippen LogP contribution in [0, 0.1) is 0 Å². The van der Waals surface area contributed by atoms with E-state index >= 15 is 0 Å². The lowest BCUT2D eigenvalue weighted by atomic mass is 10.1. The van der Waals surface area contributed by atoms with Gasteiger partial charge in [-0.3, -0.25) is 4.79 Å². The minimum Gasteiger partial charge on any atom is -0.426 e. The van der Waals surface area contributed by atoms with E-state index in [1.54, 1.807) is 0 Å². The number of hydrogen-bond acceptors (Lipinski definition) is 2. The second-order valence-corrected chi connectivity index (χ2v) is 3.56. The predicted octanol–water partition coefficient (Wildman–Crippen LogP) is 2.94. The monoisotopic (exact) mass is 256 g/mol. The van der Waals surface area contributed by atoms with Crippen molar-refractivity contribution in [3.63, 3.8) is 0 Å². The minimum atomic E-state index is -0.270. The van der Waals surface area contributed by atoms with E-state index in [0.29, 0.717) is 5.75 Å². The smallest absolute Gasteiger partial charge is 0.321 e. The number of aryl methyl sites for hydroxylation is 1. The Labute approximate surface area is 92.4 Å². The predicted molar refractivity (Wildman–Crippen MR) is 59.9 cm³/mol. The highest BCUT2D eigenvalue weighted by atomic mass is 79.9. The molecule has 0 spiro atoms. The van der Waals surface area contributed by atoms with E-state index in [-0.39, 0.29) is 11.3 Å². The van der Waals surface area contributed by atoms with Crippen molar-refractivity contribution in [3.05, 3.63) is 29.8 Å². The molecule has 0 saturated heterocycles. The van der Waals surface area contributed by atoms with Crippen LogP contribution in [0.2, 0.25) is 0 Å². The average Bonchev–Trinajstić information content (AvgIpc) is 2.21. The van der Waals surface area contributed by atoms with Gasteiger partial charge in [0.25, 0.3) is 0 Å². The van der Waals surface area contributed by atoms with Crippen LogP contribution < -0.4 is 4.74 Å². The van der Waals surface area contributed by atoms with Crippen molar-refractivity contribution in [1.82, 2.24) is 0 Å². The second kappa shape index (κ2) is 5.81. The number of carbonyl (C=O) groups is 1. The van der Waals surface area contributed by atoms with Crippen LogP contribution in [0.3, 0.4) is 0 Å². The maximum atomic E-state index is 10.9. The highest BCUT2D eigenvalue weighted by Gasteiger charge is 2.01. The molecule has 0 fully saturated rings. The van der Waals surface area contributed by atoms with Crippen molar-refractivity contribution >= 4 is 21.9 Å². The van der Waals surface area contributed by atoms with Crippen molar-refractivity contribution in [3.8, 4) is 5.75 Å². The first-order valence-corrected chi connectivity index (χ1v) is 5.74. The van der Waals surface area contributed by atoms with E-state index in [1.807, 2.05) is 24.3 Å². The summed E-state index contributed by atoms with van der Waals surface area (Å²) in [7, 11) is 0. The van der Waals surface area contributed by atoms with E-state index in [2.05, 4.69) is 22.9 Å². The molecule has 1 aromatic rings. The van der Waals surface area contributed by atoms with Gasteiger partial charge in [-0.15, -0.1) is 0 Å². The summed E-state index contributed by atoms with van der Waals surface area (Å²) in [5.74, 6) is 0.336. The normalized spacial score (nSPS) is 9.86. The molecular weight excluding hydrogens is 244 g/mol. The summed E-state index contributed by atoms with van der Waals surface area (Å²) in [5.41, 5.74) is 1.27. The van der Waals surface area contributed by atoms with Gasteiger partial charge in [0.05, 0.1) is 0 Å². The van der Waals surface area contributed by atoms with Crippen LogP contribution >= 0.6 is 15.9 Å². The first-order valence-electron chi connectivity index (χ1n) is 4.62. The molecule has 2 nitrogen and oxygen atoms in total. The highest BCUT2D eigenvalue weighted by molar-refractivity contribution is 9.09. The molecule has 14 heavy (non-hydrogen) atoms. The molecular formula is C11H13BrO2. The Kier molecular flexibility index (Phi) is 4.66. The molecule has 1 rings (SSSR count). The zero-order valence-corrected chi connectivity index (χ0v) is 9.71. The third-order valence-electron chi connectivity index (χ3n) is 1.80. The fourth-order valence-corrected chi connectivity index (χ4v) is 1.29. The van der Waals surface area contributed by atoms with Gasteiger partial charge in [0.2, 0.25) is 0 Å². The number of benzene rings is 1. The SMILES string of the molecule is CCCc1ccc(OC(=O)CBr)cc1. The Hall–Kier alpha value is -0.830. The molecule has 0 aliphatic carbocycles. The molecule has 76 valence electrons. The van der Waals surface area contributed by atoms with Crippen molar-refractivity contribution < 1.29 is 9.53 Å². The minimum absolute atomic E-state index is 0.226. The molecule has 3 heteroatoms. The summed E-state index contributed by atoms with van der Waals surface area (Å²) < 4.78 is 5.01. The van der Waals surface area contributed by atoms with E-state index in [0.717, 1.165) is 12.8 Å². The number of hydrogen-bond donors (Lipinski definition) is 0. The van der Waals surface area contributed by atoms with Gasteiger partial charge in [-0.25, -0.2) is 0 Å². The molecule has 0 unspecified atom stereocenters. The zero-order chi connectivity index (χ0) is 10.4. The third-order valence-corrected chi connectivity index (χ3v) is 2.26. The molecule has 0 bridgehead atoms. The van der Waals surface area contributed by atoms with Crippen molar-refractivity contribution in [1.29, 1.82) is 0 Å². The fraction of sp³-hybridized carbons (Fsp3) is 0.364. The van der Waals surface area contributed by atoms with Gasteiger partial charge in [0, 0.05) is 0 Å². The summed E-state index contributed by atoms with van der Waals surface area (Å²) in [6.45, 7) is 2.14.